The van der Waals surface area contributed by atoms with Gasteiger partial charge in [-0.25, -0.2) is 8.42 Å². The molecule has 120 valence electrons. The van der Waals surface area contributed by atoms with Crippen LogP contribution < -0.4 is 5.32 Å². The van der Waals surface area contributed by atoms with Crippen molar-refractivity contribution in [3.05, 3.63) is 18.2 Å². The van der Waals surface area contributed by atoms with Gasteiger partial charge in [0.1, 0.15) is 10.7 Å². The number of morpholine rings is 1. The zero-order valence-electron chi connectivity index (χ0n) is 11.8. The summed E-state index contributed by atoms with van der Waals surface area (Å²) in [4.78, 5) is -0.194. The molecule has 2 heterocycles. The number of hydrogen-bond acceptors (Lipinski definition) is 6. The Morgan fingerprint density at radius 3 is 2.64 bits per heavy atom. The Morgan fingerprint density at radius 2 is 1.95 bits per heavy atom. The Hall–Kier alpha value is -1.49. The van der Waals surface area contributed by atoms with Crippen LogP contribution in [0.25, 0.3) is 0 Å². The van der Waals surface area contributed by atoms with E-state index in [9.17, 15) is 16.8 Å². The molecule has 0 saturated carbocycles. The molecule has 1 fully saturated rings. The van der Waals surface area contributed by atoms with Crippen molar-refractivity contribution in [1.82, 2.24) is 4.31 Å². The summed E-state index contributed by atoms with van der Waals surface area (Å²) in [5.74, 6) is 0.247. The first kappa shape index (κ1) is 15.4. The van der Waals surface area contributed by atoms with Crippen molar-refractivity contribution in [3.8, 4) is 0 Å². The van der Waals surface area contributed by atoms with Gasteiger partial charge in [-0.1, -0.05) is 0 Å². The summed E-state index contributed by atoms with van der Waals surface area (Å²) in [6, 6.07) is 3.99. The van der Waals surface area contributed by atoms with E-state index in [0.717, 1.165) is 6.07 Å². The van der Waals surface area contributed by atoms with E-state index in [-0.39, 0.29) is 28.7 Å². The van der Waals surface area contributed by atoms with E-state index in [4.69, 9.17) is 4.74 Å². The van der Waals surface area contributed by atoms with Gasteiger partial charge in [-0.15, -0.1) is 4.40 Å². The second kappa shape index (κ2) is 5.30. The molecule has 22 heavy (non-hydrogen) atoms. The summed E-state index contributed by atoms with van der Waals surface area (Å²) >= 11 is 0. The number of nitrogens with one attached hydrogen (secondary N) is 1. The molecule has 0 amide bonds. The minimum Gasteiger partial charge on any atom is -0.379 e. The number of ether oxygens (including phenoxy) is 1. The van der Waals surface area contributed by atoms with Gasteiger partial charge < -0.3 is 10.1 Å². The summed E-state index contributed by atoms with van der Waals surface area (Å²) in [6.07, 6.45) is 0. The number of sulfonamides is 2. The average Bonchev–Trinajstić information content (AvgIpc) is 2.47. The average molecular weight is 345 g/mol. The van der Waals surface area contributed by atoms with Crippen molar-refractivity contribution in [1.29, 1.82) is 0 Å². The van der Waals surface area contributed by atoms with Crippen LogP contribution in [0.2, 0.25) is 0 Å². The number of nitrogens with zero attached hydrogens (tertiary/aromatic N) is 2. The zero-order valence-corrected chi connectivity index (χ0v) is 13.4. The minimum absolute atomic E-state index is 0.0618. The van der Waals surface area contributed by atoms with Crippen molar-refractivity contribution < 1.29 is 21.6 Å². The van der Waals surface area contributed by atoms with Gasteiger partial charge in [0.05, 0.1) is 23.8 Å². The lowest BCUT2D eigenvalue weighted by molar-refractivity contribution is 0.0730. The summed E-state index contributed by atoms with van der Waals surface area (Å²) in [7, 11) is -7.63. The molecule has 0 spiro atoms. The van der Waals surface area contributed by atoms with Gasteiger partial charge in [-0.3, -0.25) is 0 Å². The van der Waals surface area contributed by atoms with Gasteiger partial charge in [0.25, 0.3) is 10.0 Å². The van der Waals surface area contributed by atoms with Crippen LogP contribution in [0.15, 0.2) is 32.4 Å². The van der Waals surface area contributed by atoms with Crippen molar-refractivity contribution in [2.24, 2.45) is 4.40 Å². The highest BCUT2D eigenvalue weighted by molar-refractivity contribution is 7.91. The van der Waals surface area contributed by atoms with Crippen LogP contribution in [0.1, 0.15) is 6.92 Å². The molecule has 1 aromatic carbocycles. The number of amidine groups is 1. The molecular formula is C12H15N3O5S2. The number of hydrogen-bond donors (Lipinski definition) is 1. The van der Waals surface area contributed by atoms with Crippen molar-refractivity contribution in [2.75, 3.05) is 31.6 Å². The van der Waals surface area contributed by atoms with Crippen molar-refractivity contribution in [2.45, 2.75) is 16.7 Å². The normalized spacial score (nSPS) is 21.6. The molecule has 2 aliphatic heterocycles. The third-order valence-electron chi connectivity index (χ3n) is 3.41. The molecule has 1 saturated heterocycles. The van der Waals surface area contributed by atoms with E-state index < -0.39 is 20.0 Å². The maximum atomic E-state index is 12.6. The third kappa shape index (κ3) is 2.62. The second-order valence-electron chi connectivity index (χ2n) is 4.95. The lowest BCUT2D eigenvalue weighted by atomic mass is 10.3. The van der Waals surface area contributed by atoms with Crippen LogP contribution in [-0.4, -0.2) is 53.3 Å². The molecule has 0 atom stereocenters. The Labute approximate surface area is 128 Å². The molecular weight excluding hydrogens is 330 g/mol. The zero-order chi connectivity index (χ0) is 16.0. The monoisotopic (exact) mass is 345 g/mol. The summed E-state index contributed by atoms with van der Waals surface area (Å²) in [5.41, 5.74) is 0.327. The maximum Gasteiger partial charge on any atom is 0.286 e. The van der Waals surface area contributed by atoms with Gasteiger partial charge in [-0.05, 0) is 25.1 Å². The Balaban J connectivity index is 2.05. The van der Waals surface area contributed by atoms with Gasteiger partial charge in [0.2, 0.25) is 10.0 Å². The van der Waals surface area contributed by atoms with Crippen LogP contribution >= 0.6 is 0 Å². The fourth-order valence-electron chi connectivity index (χ4n) is 2.36. The van der Waals surface area contributed by atoms with E-state index in [0.29, 0.717) is 18.9 Å². The minimum atomic E-state index is -3.89. The molecule has 0 aromatic heterocycles. The molecule has 0 bridgehead atoms. The molecule has 0 radical (unpaired) electrons. The second-order valence-corrected chi connectivity index (χ2v) is 8.46. The summed E-state index contributed by atoms with van der Waals surface area (Å²) in [6.45, 7) is 2.68. The number of rotatable bonds is 2. The van der Waals surface area contributed by atoms with E-state index in [1.165, 1.54) is 23.4 Å². The largest absolute Gasteiger partial charge is 0.379 e. The third-order valence-corrected chi connectivity index (χ3v) is 6.71. The maximum absolute atomic E-state index is 12.6. The first-order valence-corrected chi connectivity index (χ1v) is 9.49. The molecule has 0 unspecified atom stereocenters. The lowest BCUT2D eigenvalue weighted by Gasteiger charge is -2.26. The predicted molar refractivity (Wildman–Crippen MR) is 79.9 cm³/mol. The number of fused-ring (bicyclic) bond motifs is 1. The van der Waals surface area contributed by atoms with Gasteiger partial charge >= 0.3 is 0 Å². The molecule has 0 aliphatic carbocycles. The van der Waals surface area contributed by atoms with Gasteiger partial charge in [0, 0.05) is 13.1 Å². The molecule has 8 nitrogen and oxygen atoms in total. The van der Waals surface area contributed by atoms with Crippen LogP contribution in [0, 0.1) is 0 Å². The predicted octanol–water partition coefficient (Wildman–Crippen LogP) is 0.240. The molecule has 1 aromatic rings. The van der Waals surface area contributed by atoms with Gasteiger partial charge in [-0.2, -0.15) is 12.7 Å². The lowest BCUT2D eigenvalue weighted by Crippen LogP contribution is -2.40. The van der Waals surface area contributed by atoms with Crippen LogP contribution in [0.5, 0.6) is 0 Å². The van der Waals surface area contributed by atoms with Crippen LogP contribution in [-0.2, 0) is 24.8 Å². The number of anilines is 1. The van der Waals surface area contributed by atoms with Crippen LogP contribution in [0.3, 0.4) is 0 Å². The van der Waals surface area contributed by atoms with E-state index in [1.54, 1.807) is 0 Å². The van der Waals surface area contributed by atoms with E-state index in [2.05, 4.69) is 9.71 Å². The molecule has 3 rings (SSSR count). The standard InChI is InChI=1S/C12H15N3O5S2/c1-9-13-11-3-2-10(8-12(11)21(16,17)14-9)22(18,19)15-4-6-20-7-5-15/h2-3,8H,4-7H2,1H3,(H,13,14). The first-order chi connectivity index (χ1) is 10.3. The summed E-state index contributed by atoms with van der Waals surface area (Å²) < 4.78 is 59.3. The van der Waals surface area contributed by atoms with Gasteiger partial charge in [0.15, 0.2) is 0 Å². The highest BCUT2D eigenvalue weighted by Crippen LogP contribution is 2.30. The highest BCUT2D eigenvalue weighted by Gasteiger charge is 2.30. The van der Waals surface area contributed by atoms with Crippen molar-refractivity contribution >= 4 is 31.6 Å². The molecule has 2 aliphatic rings. The Morgan fingerprint density at radius 1 is 1.27 bits per heavy atom. The highest BCUT2D eigenvalue weighted by atomic mass is 32.2. The molecule has 10 heteroatoms. The van der Waals surface area contributed by atoms with Crippen LogP contribution in [0.4, 0.5) is 5.69 Å². The molecule has 1 N–H and O–H groups in total. The topological polar surface area (TPSA) is 105 Å². The fraction of sp³-hybridized carbons (Fsp3) is 0.417. The quantitative estimate of drug-likeness (QED) is 0.823. The Bertz CT molecular complexity index is 840. The first-order valence-electron chi connectivity index (χ1n) is 6.61. The summed E-state index contributed by atoms with van der Waals surface area (Å²) in [5, 5.41) is 2.82. The number of benzene rings is 1. The smallest absolute Gasteiger partial charge is 0.286 e. The van der Waals surface area contributed by atoms with Crippen molar-refractivity contribution in [3.63, 3.8) is 0 Å². The SMILES string of the molecule is CC1=NS(=O)(=O)c2cc(S(=O)(=O)N3CCOCC3)ccc2N1. The fourth-order valence-corrected chi connectivity index (χ4v) is 5.05. The van der Waals surface area contributed by atoms with E-state index in [1.807, 2.05) is 0 Å². The Kier molecular flexibility index (Phi) is 3.71. The van der Waals surface area contributed by atoms with E-state index >= 15 is 0 Å².